The highest BCUT2D eigenvalue weighted by Gasteiger charge is 2.33. The Kier molecular flexibility index (Phi) is 4.47. The molecule has 1 aliphatic heterocycles. The van der Waals surface area contributed by atoms with Gasteiger partial charge in [-0.1, -0.05) is 0 Å². The van der Waals surface area contributed by atoms with Gasteiger partial charge in [0.2, 0.25) is 5.91 Å². The summed E-state index contributed by atoms with van der Waals surface area (Å²) in [5.74, 6) is -1.20. The molecule has 6 nitrogen and oxygen atoms in total. The second-order valence-corrected chi connectivity index (χ2v) is 4.88. The van der Waals surface area contributed by atoms with E-state index >= 15 is 0 Å². The van der Waals surface area contributed by atoms with Gasteiger partial charge in [0.15, 0.2) is 0 Å². The molecule has 1 heterocycles. The summed E-state index contributed by atoms with van der Waals surface area (Å²) in [5, 5.41) is 17.9. The van der Waals surface area contributed by atoms with Crippen molar-refractivity contribution < 1.29 is 24.5 Å². The Morgan fingerprint density at radius 1 is 1.47 bits per heavy atom. The average molecular weight is 245 g/mol. The van der Waals surface area contributed by atoms with Crippen LogP contribution in [-0.4, -0.2) is 59.4 Å². The van der Waals surface area contributed by atoms with Crippen molar-refractivity contribution in [1.29, 1.82) is 0 Å². The largest absolute Gasteiger partial charge is 0.481 e. The summed E-state index contributed by atoms with van der Waals surface area (Å²) in [6, 6.07) is 0. The number of ether oxygens (including phenoxy) is 1. The van der Waals surface area contributed by atoms with Gasteiger partial charge in [0.25, 0.3) is 0 Å². The Morgan fingerprint density at radius 2 is 2.12 bits per heavy atom. The lowest BCUT2D eigenvalue weighted by molar-refractivity contribution is -0.154. The molecule has 0 spiro atoms. The van der Waals surface area contributed by atoms with Gasteiger partial charge in [0, 0.05) is 19.5 Å². The van der Waals surface area contributed by atoms with Gasteiger partial charge in [0.05, 0.1) is 24.7 Å². The van der Waals surface area contributed by atoms with Gasteiger partial charge in [-0.15, -0.1) is 0 Å². The van der Waals surface area contributed by atoms with Crippen molar-refractivity contribution in [3.63, 3.8) is 0 Å². The number of morpholine rings is 1. The van der Waals surface area contributed by atoms with Crippen molar-refractivity contribution in [3.05, 3.63) is 0 Å². The summed E-state index contributed by atoms with van der Waals surface area (Å²) in [4.78, 5) is 24.4. The molecule has 1 saturated heterocycles. The molecule has 0 aromatic heterocycles. The first-order valence-corrected chi connectivity index (χ1v) is 5.60. The summed E-state index contributed by atoms with van der Waals surface area (Å²) < 4.78 is 5.22. The average Bonchev–Trinajstić information content (AvgIpc) is 2.28. The highest BCUT2D eigenvalue weighted by Crippen LogP contribution is 2.22. The molecular formula is C11H19NO5. The summed E-state index contributed by atoms with van der Waals surface area (Å²) in [6.07, 6.45) is -0.402. The number of hydrogen-bond acceptors (Lipinski definition) is 4. The second-order valence-electron chi connectivity index (χ2n) is 4.88. The molecule has 1 rings (SSSR count). The quantitative estimate of drug-likeness (QED) is 0.710. The molecule has 0 saturated carbocycles. The third kappa shape index (κ3) is 3.67. The smallest absolute Gasteiger partial charge is 0.309 e. The first kappa shape index (κ1) is 13.9. The number of hydrogen-bond donors (Lipinski definition) is 2. The molecular weight excluding hydrogens is 226 g/mol. The Bertz CT molecular complexity index is 302. The maximum absolute atomic E-state index is 11.9. The number of carboxylic acids is 1. The van der Waals surface area contributed by atoms with Gasteiger partial charge >= 0.3 is 5.97 Å². The van der Waals surface area contributed by atoms with Crippen LogP contribution in [-0.2, 0) is 14.3 Å². The molecule has 0 radical (unpaired) electrons. The lowest BCUT2D eigenvalue weighted by Crippen LogP contribution is -2.48. The highest BCUT2D eigenvalue weighted by atomic mass is 16.5. The fraction of sp³-hybridized carbons (Fsp3) is 0.818. The molecule has 2 N–H and O–H groups in total. The van der Waals surface area contributed by atoms with Crippen LogP contribution >= 0.6 is 0 Å². The van der Waals surface area contributed by atoms with Crippen molar-refractivity contribution in [2.24, 2.45) is 5.41 Å². The van der Waals surface area contributed by atoms with Crippen molar-refractivity contribution in [3.8, 4) is 0 Å². The van der Waals surface area contributed by atoms with E-state index in [0.29, 0.717) is 19.7 Å². The third-order valence-corrected chi connectivity index (χ3v) is 2.87. The minimum absolute atomic E-state index is 0.0412. The molecule has 1 amide bonds. The number of carbonyl (C=O) groups is 2. The molecule has 1 unspecified atom stereocenters. The molecule has 0 bridgehead atoms. The van der Waals surface area contributed by atoms with Crippen LogP contribution in [0.4, 0.5) is 0 Å². The summed E-state index contributed by atoms with van der Waals surface area (Å²) in [6.45, 7) is 4.07. The van der Waals surface area contributed by atoms with Crippen molar-refractivity contribution in [1.82, 2.24) is 4.90 Å². The third-order valence-electron chi connectivity index (χ3n) is 2.87. The molecule has 1 aliphatic rings. The molecule has 1 fully saturated rings. The van der Waals surface area contributed by atoms with E-state index in [2.05, 4.69) is 0 Å². The van der Waals surface area contributed by atoms with Crippen LogP contribution in [0, 0.1) is 5.41 Å². The van der Waals surface area contributed by atoms with E-state index in [9.17, 15) is 9.59 Å². The molecule has 1 atom stereocenters. The molecule has 0 aliphatic carbocycles. The SMILES string of the molecule is CC(C)(CC(=O)N1CCOC(CO)C1)C(=O)O. The predicted octanol–water partition coefficient (Wildman–Crippen LogP) is -0.293. The Balaban J connectivity index is 2.55. The van der Waals surface area contributed by atoms with E-state index in [4.69, 9.17) is 14.9 Å². The van der Waals surface area contributed by atoms with E-state index < -0.39 is 11.4 Å². The van der Waals surface area contributed by atoms with Gasteiger partial charge in [-0.25, -0.2) is 0 Å². The van der Waals surface area contributed by atoms with Crippen LogP contribution < -0.4 is 0 Å². The van der Waals surface area contributed by atoms with Crippen molar-refractivity contribution in [2.75, 3.05) is 26.3 Å². The zero-order valence-electron chi connectivity index (χ0n) is 10.2. The first-order valence-electron chi connectivity index (χ1n) is 5.60. The second kappa shape index (κ2) is 5.46. The molecule has 6 heteroatoms. The Hall–Kier alpha value is -1.14. The molecule has 98 valence electrons. The van der Waals surface area contributed by atoms with Gasteiger partial charge < -0.3 is 19.8 Å². The van der Waals surface area contributed by atoms with E-state index in [1.807, 2.05) is 0 Å². The van der Waals surface area contributed by atoms with Crippen LogP contribution in [0.2, 0.25) is 0 Å². The van der Waals surface area contributed by atoms with Crippen molar-refractivity contribution in [2.45, 2.75) is 26.4 Å². The summed E-state index contributed by atoms with van der Waals surface area (Å²) in [5.41, 5.74) is -1.07. The van der Waals surface area contributed by atoms with E-state index in [0.717, 1.165) is 0 Å². The summed E-state index contributed by atoms with van der Waals surface area (Å²) in [7, 11) is 0. The van der Waals surface area contributed by atoms with Crippen LogP contribution in [0.25, 0.3) is 0 Å². The standard InChI is InChI=1S/C11H19NO5/c1-11(2,10(15)16)5-9(14)12-3-4-17-8(6-12)7-13/h8,13H,3-7H2,1-2H3,(H,15,16). The van der Waals surface area contributed by atoms with E-state index in [1.165, 1.54) is 13.8 Å². The fourth-order valence-electron chi connectivity index (χ4n) is 1.62. The van der Waals surface area contributed by atoms with E-state index in [1.54, 1.807) is 4.90 Å². The van der Waals surface area contributed by atoms with Crippen LogP contribution in [0.5, 0.6) is 0 Å². The van der Waals surface area contributed by atoms with Gasteiger partial charge in [0.1, 0.15) is 0 Å². The van der Waals surface area contributed by atoms with Gasteiger partial charge in [-0.05, 0) is 13.8 Å². The maximum atomic E-state index is 11.9. The Labute approximate surface area is 100 Å². The first-order chi connectivity index (χ1) is 7.86. The zero-order chi connectivity index (χ0) is 13.1. The number of rotatable bonds is 4. The molecule has 0 aromatic rings. The van der Waals surface area contributed by atoms with Crippen LogP contribution in [0.1, 0.15) is 20.3 Å². The van der Waals surface area contributed by atoms with E-state index in [-0.39, 0.29) is 25.0 Å². The molecule has 0 aromatic carbocycles. The topological polar surface area (TPSA) is 87.1 Å². The highest BCUT2D eigenvalue weighted by molar-refractivity contribution is 5.84. The summed E-state index contributed by atoms with van der Waals surface area (Å²) >= 11 is 0. The maximum Gasteiger partial charge on any atom is 0.309 e. The Morgan fingerprint density at radius 3 is 2.65 bits per heavy atom. The predicted molar refractivity (Wildman–Crippen MR) is 59.4 cm³/mol. The molecule has 17 heavy (non-hydrogen) atoms. The lowest BCUT2D eigenvalue weighted by Gasteiger charge is -2.33. The fourth-order valence-corrected chi connectivity index (χ4v) is 1.62. The van der Waals surface area contributed by atoms with Gasteiger partial charge in [-0.3, -0.25) is 9.59 Å². The number of aliphatic hydroxyl groups excluding tert-OH is 1. The number of aliphatic hydroxyl groups is 1. The number of amides is 1. The number of carboxylic acid groups (broad SMARTS) is 1. The minimum Gasteiger partial charge on any atom is -0.481 e. The lowest BCUT2D eigenvalue weighted by atomic mass is 9.89. The zero-order valence-corrected chi connectivity index (χ0v) is 10.2. The van der Waals surface area contributed by atoms with Crippen molar-refractivity contribution >= 4 is 11.9 Å². The minimum atomic E-state index is -1.07. The number of nitrogens with zero attached hydrogens (tertiary/aromatic N) is 1. The van der Waals surface area contributed by atoms with Gasteiger partial charge in [-0.2, -0.15) is 0 Å². The number of carbonyl (C=O) groups excluding carboxylic acids is 1. The van der Waals surface area contributed by atoms with Crippen LogP contribution in [0.3, 0.4) is 0 Å². The van der Waals surface area contributed by atoms with Crippen LogP contribution in [0.15, 0.2) is 0 Å². The monoisotopic (exact) mass is 245 g/mol. The normalized spacial score (nSPS) is 21.4. The number of aliphatic carboxylic acids is 1.